The number of fused-ring (bicyclic) bond motifs is 1. The lowest BCUT2D eigenvalue weighted by Gasteiger charge is -2.20. The first-order valence-electron chi connectivity index (χ1n) is 9.24. The number of rotatable bonds is 5. The second-order valence-electron chi connectivity index (χ2n) is 6.41. The van der Waals surface area contributed by atoms with Crippen LogP contribution in [0.5, 0.6) is 11.5 Å². The summed E-state index contributed by atoms with van der Waals surface area (Å²) in [5, 5.41) is 14.5. The van der Waals surface area contributed by atoms with Crippen LogP contribution >= 0.6 is 35.0 Å². The van der Waals surface area contributed by atoms with Crippen molar-refractivity contribution in [3.8, 4) is 11.5 Å². The number of hydrogen-bond acceptors (Lipinski definition) is 7. The van der Waals surface area contributed by atoms with Gasteiger partial charge in [0.05, 0.1) is 28.3 Å². The number of halogens is 2. The number of benzene rings is 2. The maximum absolute atomic E-state index is 12.6. The Bertz CT molecular complexity index is 1240. The highest BCUT2D eigenvalue weighted by Crippen LogP contribution is 2.32. The zero-order valence-electron chi connectivity index (χ0n) is 16.5. The van der Waals surface area contributed by atoms with Crippen molar-refractivity contribution in [3.63, 3.8) is 0 Å². The van der Waals surface area contributed by atoms with Gasteiger partial charge in [0.15, 0.2) is 22.5 Å². The summed E-state index contributed by atoms with van der Waals surface area (Å²) in [4.78, 5) is 28.9. The zero-order chi connectivity index (χ0) is 22.8. The van der Waals surface area contributed by atoms with Gasteiger partial charge in [0, 0.05) is 5.02 Å². The summed E-state index contributed by atoms with van der Waals surface area (Å²) < 4.78 is 11.1. The molecule has 1 N–H and O–H groups in total. The molecule has 2 aromatic rings. The number of hydrogen-bond donors (Lipinski definition) is 1. The zero-order valence-corrected chi connectivity index (χ0v) is 18.8. The van der Waals surface area contributed by atoms with E-state index < -0.39 is 11.9 Å². The number of nitrogens with one attached hydrogen (secondary N) is 1. The van der Waals surface area contributed by atoms with Crippen LogP contribution in [0, 0.1) is 5.41 Å². The first kappa shape index (κ1) is 22.1. The van der Waals surface area contributed by atoms with E-state index in [0.717, 1.165) is 0 Å². The molecule has 1 amide bonds. The van der Waals surface area contributed by atoms with Gasteiger partial charge in [0.1, 0.15) is 0 Å². The van der Waals surface area contributed by atoms with E-state index in [1.165, 1.54) is 52.7 Å². The molecule has 2 heterocycles. The second kappa shape index (κ2) is 9.15. The molecule has 0 radical (unpaired) electrons. The topological polar surface area (TPSA) is 104 Å². The average molecular weight is 489 g/mol. The fourth-order valence-electron chi connectivity index (χ4n) is 2.88. The van der Waals surface area contributed by atoms with Gasteiger partial charge >= 0.3 is 5.97 Å². The summed E-state index contributed by atoms with van der Waals surface area (Å²) in [6, 6.07) is 9.23. The number of aliphatic imine (C=N–C) groups is 1. The quantitative estimate of drug-likeness (QED) is 0.366. The van der Waals surface area contributed by atoms with Gasteiger partial charge < -0.3 is 9.47 Å². The molecular formula is C21H14Cl2N4O4S. The first-order valence-corrected chi connectivity index (χ1v) is 10.9. The van der Waals surface area contributed by atoms with Gasteiger partial charge in [-0.05, 0) is 60.7 Å². The van der Waals surface area contributed by atoms with E-state index in [-0.39, 0.29) is 33.5 Å². The summed E-state index contributed by atoms with van der Waals surface area (Å²) in [6.45, 7) is 2.10. The fourth-order valence-corrected chi connectivity index (χ4v) is 3.98. The van der Waals surface area contributed by atoms with Crippen molar-refractivity contribution in [1.82, 2.24) is 5.01 Å². The Morgan fingerprint density at radius 3 is 2.78 bits per heavy atom. The third-order valence-electron chi connectivity index (χ3n) is 4.33. The van der Waals surface area contributed by atoms with Crippen molar-refractivity contribution >= 4 is 69.5 Å². The van der Waals surface area contributed by atoms with Crippen LogP contribution < -0.4 is 9.47 Å². The van der Waals surface area contributed by atoms with Crippen LogP contribution in [0.2, 0.25) is 10.0 Å². The number of carbonyl (C=O) groups excluding carboxylic acids is 2. The van der Waals surface area contributed by atoms with Crippen molar-refractivity contribution in [1.29, 1.82) is 5.41 Å². The summed E-state index contributed by atoms with van der Waals surface area (Å²) in [7, 11) is 0. The minimum absolute atomic E-state index is 0.0768. The predicted octanol–water partition coefficient (Wildman–Crippen LogP) is 4.86. The van der Waals surface area contributed by atoms with Crippen LogP contribution in [-0.2, 0) is 4.79 Å². The summed E-state index contributed by atoms with van der Waals surface area (Å²) in [5.74, 6) is -0.823. The van der Waals surface area contributed by atoms with Gasteiger partial charge in [-0.15, -0.1) is 0 Å². The Balaban J connectivity index is 1.63. The molecular weight excluding hydrogens is 475 g/mol. The molecule has 4 rings (SSSR count). The van der Waals surface area contributed by atoms with Crippen LogP contribution in [0.1, 0.15) is 22.8 Å². The first-order chi connectivity index (χ1) is 15.4. The maximum atomic E-state index is 12.6. The Hall–Kier alpha value is -3.14. The van der Waals surface area contributed by atoms with Gasteiger partial charge in [-0.3, -0.25) is 10.2 Å². The van der Waals surface area contributed by atoms with Crippen molar-refractivity contribution in [3.05, 3.63) is 63.1 Å². The molecule has 0 fully saturated rings. The number of ether oxygens (including phenoxy) is 2. The van der Waals surface area contributed by atoms with Crippen LogP contribution in [0.25, 0.3) is 6.08 Å². The Labute approximate surface area is 197 Å². The van der Waals surface area contributed by atoms with Crippen LogP contribution in [-0.4, -0.2) is 40.0 Å². The monoisotopic (exact) mass is 488 g/mol. The number of thioether (sulfide) groups is 1. The molecule has 2 aliphatic heterocycles. The Morgan fingerprint density at radius 1 is 1.22 bits per heavy atom. The van der Waals surface area contributed by atoms with E-state index in [1.807, 2.05) is 0 Å². The van der Waals surface area contributed by atoms with Crippen molar-refractivity contribution < 1.29 is 19.1 Å². The number of hydrazone groups is 1. The lowest BCUT2D eigenvalue weighted by atomic mass is 10.1. The second-order valence-corrected chi connectivity index (χ2v) is 8.06. The summed E-state index contributed by atoms with van der Waals surface area (Å²) >= 11 is 13.1. The molecule has 2 aliphatic rings. The van der Waals surface area contributed by atoms with Crippen LogP contribution in [0.3, 0.4) is 0 Å². The van der Waals surface area contributed by atoms with Gasteiger partial charge in [0.25, 0.3) is 5.91 Å². The maximum Gasteiger partial charge on any atom is 0.345 e. The van der Waals surface area contributed by atoms with Crippen molar-refractivity contribution in [2.24, 2.45) is 10.1 Å². The molecule has 0 bridgehead atoms. The molecule has 0 saturated heterocycles. The summed E-state index contributed by atoms with van der Waals surface area (Å²) in [6.07, 6.45) is 1.51. The molecule has 2 aromatic carbocycles. The average Bonchev–Trinajstić information content (AvgIpc) is 3.21. The molecule has 32 heavy (non-hydrogen) atoms. The molecule has 0 spiro atoms. The minimum Gasteiger partial charge on any atom is -0.490 e. The standard InChI is InChI=1S/C21H14Cl2N4O4S/c1-2-30-17-8-11(7-14-18(24)27-21(26-19(14)28)32-10-25-27)3-6-16(17)31-20(29)13-5-4-12(22)9-15(13)23/h3-10,24H,2H2,1H3/b14-7-,24-18?. The van der Waals surface area contributed by atoms with Gasteiger partial charge in [-0.1, -0.05) is 29.3 Å². The molecule has 0 atom stereocenters. The van der Waals surface area contributed by atoms with Crippen molar-refractivity contribution in [2.45, 2.75) is 6.92 Å². The Kier molecular flexibility index (Phi) is 6.31. The molecule has 11 heteroatoms. The van der Waals surface area contributed by atoms with Gasteiger partial charge in [0.2, 0.25) is 0 Å². The van der Waals surface area contributed by atoms with E-state index in [9.17, 15) is 9.59 Å². The molecule has 8 nitrogen and oxygen atoms in total. The minimum atomic E-state index is -0.672. The molecule has 162 valence electrons. The third kappa shape index (κ3) is 4.40. The van der Waals surface area contributed by atoms with Crippen LogP contribution in [0.4, 0.5) is 0 Å². The predicted molar refractivity (Wildman–Crippen MR) is 125 cm³/mol. The number of nitrogens with zero attached hydrogens (tertiary/aromatic N) is 3. The number of amides is 1. The molecule has 0 aliphatic carbocycles. The number of carbonyl (C=O) groups is 2. The third-order valence-corrected chi connectivity index (χ3v) is 5.55. The van der Waals surface area contributed by atoms with E-state index in [2.05, 4.69) is 10.1 Å². The number of esters is 1. The molecule has 0 unspecified atom stereocenters. The fraction of sp³-hybridized carbons (Fsp3) is 0.0952. The molecule has 0 aromatic heterocycles. The largest absolute Gasteiger partial charge is 0.490 e. The normalized spacial score (nSPS) is 16.3. The lowest BCUT2D eigenvalue weighted by molar-refractivity contribution is -0.114. The highest BCUT2D eigenvalue weighted by molar-refractivity contribution is 8.25. The smallest absolute Gasteiger partial charge is 0.345 e. The SMILES string of the molecule is CCOc1cc(/C=C2/C(=N)N3N=CSC3=NC2=O)ccc1OC(=O)c1ccc(Cl)cc1Cl. The van der Waals surface area contributed by atoms with Gasteiger partial charge in [-0.2, -0.15) is 15.1 Å². The number of amidine groups is 2. The highest BCUT2D eigenvalue weighted by atomic mass is 35.5. The van der Waals surface area contributed by atoms with Gasteiger partial charge in [-0.25, -0.2) is 4.79 Å². The van der Waals surface area contributed by atoms with Crippen molar-refractivity contribution in [2.75, 3.05) is 6.61 Å². The van der Waals surface area contributed by atoms with E-state index in [4.69, 9.17) is 38.1 Å². The molecule has 0 saturated carbocycles. The van der Waals surface area contributed by atoms with E-state index in [1.54, 1.807) is 19.1 Å². The summed E-state index contributed by atoms with van der Waals surface area (Å²) in [5.41, 5.74) is 2.30. The van der Waals surface area contributed by atoms with E-state index >= 15 is 0 Å². The Morgan fingerprint density at radius 2 is 2.03 bits per heavy atom. The van der Waals surface area contributed by atoms with Crippen LogP contribution in [0.15, 0.2) is 52.1 Å². The highest BCUT2D eigenvalue weighted by Gasteiger charge is 2.32. The van der Waals surface area contributed by atoms with E-state index in [0.29, 0.717) is 22.4 Å². The lowest BCUT2D eigenvalue weighted by Crippen LogP contribution is -2.35.